The van der Waals surface area contributed by atoms with E-state index in [9.17, 15) is 0 Å². The van der Waals surface area contributed by atoms with Gasteiger partial charge in [0.15, 0.2) is 5.82 Å². The van der Waals surface area contributed by atoms with Gasteiger partial charge in [0.1, 0.15) is 17.0 Å². The van der Waals surface area contributed by atoms with Gasteiger partial charge >= 0.3 is 6.01 Å². The smallest absolute Gasteiger partial charge is 0.318 e. The number of halogens is 1. The number of fused-ring (bicyclic) bond motifs is 2. The van der Waals surface area contributed by atoms with Crippen LogP contribution in [-0.2, 0) is 0 Å². The van der Waals surface area contributed by atoms with Crippen LogP contribution in [0.4, 0.5) is 10.2 Å². The molecule has 0 spiro atoms. The molecule has 0 radical (unpaired) electrons. The molecule has 190 valence electrons. The van der Waals surface area contributed by atoms with Crippen molar-refractivity contribution in [3.8, 4) is 29.6 Å². The van der Waals surface area contributed by atoms with Crippen molar-refractivity contribution in [3.05, 3.63) is 54.0 Å². The van der Waals surface area contributed by atoms with E-state index >= 15 is 4.39 Å². The summed E-state index contributed by atoms with van der Waals surface area (Å²) in [6.07, 6.45) is 11.8. The third kappa shape index (κ3) is 4.70. The minimum atomic E-state index is -0.510. The molecule has 1 aliphatic heterocycles. The summed E-state index contributed by atoms with van der Waals surface area (Å²) in [6, 6.07) is 12.2. The molecular formula is C30H32FN5O. The third-order valence-corrected chi connectivity index (χ3v) is 7.07. The maximum Gasteiger partial charge on any atom is 0.318 e. The molecule has 3 heterocycles. The number of terminal acetylenes is 1. The van der Waals surface area contributed by atoms with Crippen molar-refractivity contribution in [3.63, 3.8) is 0 Å². The highest BCUT2D eigenvalue weighted by Gasteiger charge is 2.29. The number of nitrogens with zero attached hydrogens (tertiary/aromatic N) is 4. The van der Waals surface area contributed by atoms with Crippen LogP contribution in [0.2, 0.25) is 0 Å². The van der Waals surface area contributed by atoms with Crippen LogP contribution in [0.15, 0.2) is 42.6 Å². The fourth-order valence-electron chi connectivity index (χ4n) is 5.46. The van der Waals surface area contributed by atoms with Crippen molar-refractivity contribution in [1.82, 2.24) is 20.3 Å². The van der Waals surface area contributed by atoms with Crippen LogP contribution in [-0.4, -0.2) is 47.2 Å². The lowest BCUT2D eigenvalue weighted by molar-refractivity contribution is 0.337. The maximum atomic E-state index is 16.3. The molecule has 7 heteroatoms. The van der Waals surface area contributed by atoms with Gasteiger partial charge in [0, 0.05) is 47.9 Å². The number of hydrogen-bond acceptors (Lipinski definition) is 6. The average Bonchev–Trinajstić information content (AvgIpc) is 2.92. The summed E-state index contributed by atoms with van der Waals surface area (Å²) >= 11 is 0. The fourth-order valence-corrected chi connectivity index (χ4v) is 5.46. The van der Waals surface area contributed by atoms with E-state index in [1.54, 1.807) is 6.20 Å². The SMILES string of the molecule is C#Cc1cccc2cccc(-c3ncc4c(N5CC(CCC)NC(CCC)C5)nc(OC)nc4c3F)c12. The Kier molecular flexibility index (Phi) is 7.20. The molecule has 6 nitrogen and oxygen atoms in total. The average molecular weight is 498 g/mol. The Hall–Kier alpha value is -3.76. The molecule has 37 heavy (non-hydrogen) atoms. The molecule has 4 aromatic rings. The lowest BCUT2D eigenvalue weighted by atomic mass is 9.96. The molecule has 1 saturated heterocycles. The van der Waals surface area contributed by atoms with E-state index in [2.05, 4.69) is 44.9 Å². The van der Waals surface area contributed by atoms with Crippen LogP contribution in [0.1, 0.15) is 45.1 Å². The zero-order valence-electron chi connectivity index (χ0n) is 21.6. The van der Waals surface area contributed by atoms with E-state index in [1.807, 2.05) is 36.4 Å². The molecule has 2 unspecified atom stereocenters. The second kappa shape index (κ2) is 10.7. The molecule has 0 aliphatic carbocycles. The number of anilines is 1. The summed E-state index contributed by atoms with van der Waals surface area (Å²) in [4.78, 5) is 16.0. The summed E-state index contributed by atoms with van der Waals surface area (Å²) < 4.78 is 21.7. The van der Waals surface area contributed by atoms with Gasteiger partial charge in [-0.1, -0.05) is 62.9 Å². The van der Waals surface area contributed by atoms with Gasteiger partial charge in [0.2, 0.25) is 0 Å². The standard InChI is InChI=1S/C30H32FN5O/c1-5-10-21-17-36(18-22(33-21)11-6-2)29-24-16-32-27(26(31)28(24)34-30(35-29)37-4)23-15-9-14-20-13-8-12-19(7-3)25(20)23/h3,8-9,12-16,21-22,33H,5-6,10-11,17-18H2,1-2,4H3. The number of piperazine rings is 1. The predicted molar refractivity (Wildman–Crippen MR) is 147 cm³/mol. The number of benzene rings is 2. The fraction of sp³-hybridized carbons (Fsp3) is 0.367. The van der Waals surface area contributed by atoms with Gasteiger partial charge in [-0.15, -0.1) is 6.42 Å². The zero-order valence-corrected chi connectivity index (χ0v) is 21.6. The summed E-state index contributed by atoms with van der Waals surface area (Å²) in [7, 11) is 1.51. The molecular weight excluding hydrogens is 465 g/mol. The van der Waals surface area contributed by atoms with E-state index in [0.717, 1.165) is 49.5 Å². The van der Waals surface area contributed by atoms with Gasteiger partial charge < -0.3 is 15.0 Å². The van der Waals surface area contributed by atoms with Crippen molar-refractivity contribution in [2.75, 3.05) is 25.1 Å². The molecule has 0 amide bonds. The van der Waals surface area contributed by atoms with Crippen LogP contribution in [0.5, 0.6) is 6.01 Å². The molecule has 5 rings (SSSR count). The number of pyridine rings is 1. The summed E-state index contributed by atoms with van der Waals surface area (Å²) in [5.41, 5.74) is 1.73. The Morgan fingerprint density at radius 1 is 1.08 bits per heavy atom. The van der Waals surface area contributed by atoms with E-state index in [1.165, 1.54) is 7.11 Å². The largest absolute Gasteiger partial charge is 0.467 e. The van der Waals surface area contributed by atoms with Crippen molar-refractivity contribution in [2.24, 2.45) is 0 Å². The molecule has 0 bridgehead atoms. The van der Waals surface area contributed by atoms with Crippen molar-refractivity contribution < 1.29 is 9.13 Å². The second-order valence-corrected chi connectivity index (χ2v) is 9.61. The molecule has 2 atom stereocenters. The van der Waals surface area contributed by atoms with Gasteiger partial charge in [0.05, 0.1) is 12.5 Å². The van der Waals surface area contributed by atoms with Crippen LogP contribution >= 0.6 is 0 Å². The molecule has 1 aliphatic rings. The van der Waals surface area contributed by atoms with Crippen LogP contribution < -0.4 is 15.0 Å². The van der Waals surface area contributed by atoms with Gasteiger partial charge in [-0.25, -0.2) is 4.39 Å². The van der Waals surface area contributed by atoms with E-state index in [0.29, 0.717) is 34.4 Å². The number of ether oxygens (including phenoxy) is 1. The monoisotopic (exact) mass is 497 g/mol. The van der Waals surface area contributed by atoms with E-state index < -0.39 is 5.82 Å². The highest BCUT2D eigenvalue weighted by atomic mass is 19.1. The summed E-state index contributed by atoms with van der Waals surface area (Å²) in [5.74, 6) is 2.88. The topological polar surface area (TPSA) is 63.2 Å². The van der Waals surface area contributed by atoms with E-state index in [4.69, 9.17) is 11.2 Å². The van der Waals surface area contributed by atoms with Gasteiger partial charge in [0.25, 0.3) is 0 Å². The Labute approximate surface area is 217 Å². The Balaban J connectivity index is 1.67. The summed E-state index contributed by atoms with van der Waals surface area (Å²) in [6.45, 7) is 5.94. The maximum absolute atomic E-state index is 16.3. The zero-order chi connectivity index (χ0) is 25.9. The molecule has 1 fully saturated rings. The number of aromatic nitrogens is 3. The van der Waals surface area contributed by atoms with Crippen LogP contribution in [0, 0.1) is 18.2 Å². The normalized spacial score (nSPS) is 17.8. The van der Waals surface area contributed by atoms with Gasteiger partial charge in [-0.3, -0.25) is 4.98 Å². The van der Waals surface area contributed by atoms with Crippen molar-refractivity contribution in [2.45, 2.75) is 51.6 Å². The lowest BCUT2D eigenvalue weighted by Crippen LogP contribution is -2.56. The number of hydrogen-bond donors (Lipinski definition) is 1. The molecule has 2 aromatic heterocycles. The Morgan fingerprint density at radius 2 is 1.78 bits per heavy atom. The van der Waals surface area contributed by atoms with E-state index in [-0.39, 0.29) is 17.2 Å². The minimum absolute atomic E-state index is 0.137. The quantitative estimate of drug-likeness (QED) is 0.330. The second-order valence-electron chi connectivity index (χ2n) is 9.61. The number of methoxy groups -OCH3 is 1. The van der Waals surface area contributed by atoms with Gasteiger partial charge in [-0.05, 0) is 24.3 Å². The molecule has 2 aromatic carbocycles. The van der Waals surface area contributed by atoms with Gasteiger partial charge in [-0.2, -0.15) is 9.97 Å². The number of rotatable bonds is 7. The third-order valence-electron chi connectivity index (χ3n) is 7.07. The molecule has 1 N–H and O–H groups in total. The first-order chi connectivity index (χ1) is 18.1. The van der Waals surface area contributed by atoms with Crippen LogP contribution in [0.3, 0.4) is 0 Å². The first kappa shape index (κ1) is 24.9. The predicted octanol–water partition coefficient (Wildman–Crippen LogP) is 5.72. The lowest BCUT2D eigenvalue weighted by Gasteiger charge is -2.40. The van der Waals surface area contributed by atoms with Crippen molar-refractivity contribution in [1.29, 1.82) is 0 Å². The Morgan fingerprint density at radius 3 is 2.43 bits per heavy atom. The highest BCUT2D eigenvalue weighted by Crippen LogP contribution is 2.36. The first-order valence-corrected chi connectivity index (χ1v) is 13.0. The molecule has 0 saturated carbocycles. The highest BCUT2D eigenvalue weighted by molar-refractivity contribution is 6.02. The first-order valence-electron chi connectivity index (χ1n) is 13.0. The van der Waals surface area contributed by atoms with Crippen LogP contribution in [0.25, 0.3) is 32.9 Å². The van der Waals surface area contributed by atoms with Crippen molar-refractivity contribution >= 4 is 27.5 Å². The number of nitrogens with one attached hydrogen (secondary N) is 1. The minimum Gasteiger partial charge on any atom is -0.467 e. The summed E-state index contributed by atoms with van der Waals surface area (Å²) in [5, 5.41) is 6.08. The Bertz CT molecular complexity index is 1460.